The Morgan fingerprint density at radius 3 is 2.52 bits per heavy atom. The molecule has 5 N–H and O–H groups in total. The molecule has 3 aromatic rings. The summed E-state index contributed by atoms with van der Waals surface area (Å²) < 4.78 is 13.1. The number of carbonyl (C=O) groups is 3. The Balaban J connectivity index is 1.65. The number of aromatic amines is 1. The summed E-state index contributed by atoms with van der Waals surface area (Å²) in [6.07, 6.45) is 1.31. The van der Waals surface area contributed by atoms with Crippen LogP contribution in [0.25, 0.3) is 0 Å². The summed E-state index contributed by atoms with van der Waals surface area (Å²) in [7, 11) is 0. The molecule has 8 nitrogen and oxygen atoms in total. The minimum absolute atomic E-state index is 0.0318. The fraction of sp³-hybridized carbons (Fsp3) is 0.143. The first-order valence-corrected chi connectivity index (χ1v) is 9.67. The van der Waals surface area contributed by atoms with Crippen LogP contribution in [0.4, 0.5) is 10.1 Å². The van der Waals surface area contributed by atoms with E-state index in [1.54, 1.807) is 24.3 Å². The van der Waals surface area contributed by atoms with E-state index in [1.807, 2.05) is 0 Å². The van der Waals surface area contributed by atoms with E-state index >= 15 is 0 Å². The lowest BCUT2D eigenvalue weighted by atomic mass is 10.0. The summed E-state index contributed by atoms with van der Waals surface area (Å²) in [5.74, 6) is -1.83. The van der Waals surface area contributed by atoms with Crippen molar-refractivity contribution in [3.63, 3.8) is 0 Å². The van der Waals surface area contributed by atoms with Crippen LogP contribution in [0.15, 0.2) is 48.8 Å². The SMILES string of the molecule is NCCNC(=O)c1[nH]cnc1C(=O)Nc1ccc(CC(=O)c2ccc(F)cc2Cl)cc1. The number of amides is 2. The molecule has 0 bridgehead atoms. The van der Waals surface area contributed by atoms with Crippen LogP contribution < -0.4 is 16.4 Å². The summed E-state index contributed by atoms with van der Waals surface area (Å²) in [4.78, 5) is 43.5. The first-order chi connectivity index (χ1) is 14.9. The van der Waals surface area contributed by atoms with Crippen LogP contribution in [0.1, 0.15) is 36.9 Å². The molecule has 1 heterocycles. The normalized spacial score (nSPS) is 10.5. The van der Waals surface area contributed by atoms with Gasteiger partial charge in [0.05, 0.1) is 11.3 Å². The fourth-order valence-electron chi connectivity index (χ4n) is 2.81. The van der Waals surface area contributed by atoms with Crippen LogP contribution in [0.2, 0.25) is 5.02 Å². The molecule has 0 aliphatic rings. The average Bonchev–Trinajstić information content (AvgIpc) is 3.23. The van der Waals surface area contributed by atoms with Crippen molar-refractivity contribution in [2.45, 2.75) is 6.42 Å². The van der Waals surface area contributed by atoms with Gasteiger partial charge in [-0.1, -0.05) is 23.7 Å². The predicted molar refractivity (Wildman–Crippen MR) is 114 cm³/mol. The zero-order valence-corrected chi connectivity index (χ0v) is 17.0. The molecule has 0 aliphatic heterocycles. The molecule has 160 valence electrons. The van der Waals surface area contributed by atoms with Gasteiger partial charge in [0.25, 0.3) is 11.8 Å². The maximum Gasteiger partial charge on any atom is 0.276 e. The van der Waals surface area contributed by atoms with Gasteiger partial charge in [-0.2, -0.15) is 0 Å². The Morgan fingerprint density at radius 2 is 1.84 bits per heavy atom. The number of H-pyrrole nitrogens is 1. The number of carbonyl (C=O) groups excluding carboxylic acids is 3. The van der Waals surface area contributed by atoms with Gasteiger partial charge in [0.1, 0.15) is 11.5 Å². The Bertz CT molecular complexity index is 1110. The number of rotatable bonds is 8. The van der Waals surface area contributed by atoms with Crippen molar-refractivity contribution in [2.24, 2.45) is 5.73 Å². The Labute approximate surface area is 182 Å². The van der Waals surface area contributed by atoms with Gasteiger partial charge in [-0.3, -0.25) is 14.4 Å². The summed E-state index contributed by atoms with van der Waals surface area (Å²) in [5, 5.41) is 5.27. The van der Waals surface area contributed by atoms with Gasteiger partial charge in [0, 0.05) is 30.8 Å². The third-order valence-corrected chi connectivity index (χ3v) is 4.63. The maximum absolute atomic E-state index is 13.1. The molecule has 3 rings (SSSR count). The number of ketones is 1. The molecule has 0 aliphatic carbocycles. The zero-order chi connectivity index (χ0) is 22.4. The largest absolute Gasteiger partial charge is 0.349 e. The Hall–Kier alpha value is -3.56. The number of nitrogens with zero attached hydrogens (tertiary/aromatic N) is 1. The van der Waals surface area contributed by atoms with Crippen molar-refractivity contribution in [2.75, 3.05) is 18.4 Å². The van der Waals surface area contributed by atoms with E-state index in [1.165, 1.54) is 18.5 Å². The quantitative estimate of drug-likeness (QED) is 0.397. The number of hydrogen-bond donors (Lipinski definition) is 4. The second kappa shape index (κ2) is 9.96. The van der Waals surface area contributed by atoms with Crippen LogP contribution in [0.3, 0.4) is 0 Å². The van der Waals surface area contributed by atoms with Gasteiger partial charge in [0.2, 0.25) is 0 Å². The summed E-state index contributed by atoms with van der Waals surface area (Å²) >= 11 is 5.93. The van der Waals surface area contributed by atoms with E-state index in [2.05, 4.69) is 20.6 Å². The lowest BCUT2D eigenvalue weighted by Gasteiger charge is -2.08. The van der Waals surface area contributed by atoms with E-state index in [-0.39, 0.29) is 47.3 Å². The first kappa shape index (κ1) is 22.1. The highest BCUT2D eigenvalue weighted by Crippen LogP contribution is 2.20. The third-order valence-electron chi connectivity index (χ3n) is 4.32. The highest BCUT2D eigenvalue weighted by atomic mass is 35.5. The number of aromatic nitrogens is 2. The second-order valence-corrected chi connectivity index (χ2v) is 6.95. The molecule has 0 spiro atoms. The molecular weight excluding hydrogens is 425 g/mol. The number of nitrogens with one attached hydrogen (secondary N) is 3. The smallest absolute Gasteiger partial charge is 0.276 e. The Kier molecular flexibility index (Phi) is 7.11. The molecule has 0 fully saturated rings. The van der Waals surface area contributed by atoms with Crippen molar-refractivity contribution in [3.05, 3.63) is 82.1 Å². The van der Waals surface area contributed by atoms with Gasteiger partial charge in [-0.15, -0.1) is 0 Å². The standard InChI is InChI=1S/C21H19ClFN5O3/c22-16-10-13(23)3-6-15(16)17(29)9-12-1-4-14(5-2-12)28-21(31)19-18(26-11-27-19)20(30)25-8-7-24/h1-6,10-11H,7-9,24H2,(H,25,30)(H,26,27)(H,28,31). The number of Topliss-reactive ketones (excluding diaryl/α,β-unsaturated/α-hetero) is 1. The first-order valence-electron chi connectivity index (χ1n) is 9.29. The fourth-order valence-corrected chi connectivity index (χ4v) is 3.08. The second-order valence-electron chi connectivity index (χ2n) is 6.55. The predicted octanol–water partition coefficient (Wildman–Crippen LogP) is 2.57. The molecule has 0 atom stereocenters. The summed E-state index contributed by atoms with van der Waals surface area (Å²) in [5.41, 5.74) is 6.71. The van der Waals surface area contributed by atoms with E-state index < -0.39 is 17.6 Å². The minimum atomic E-state index is -0.568. The zero-order valence-electron chi connectivity index (χ0n) is 16.2. The number of benzene rings is 2. The van der Waals surface area contributed by atoms with Gasteiger partial charge >= 0.3 is 0 Å². The monoisotopic (exact) mass is 443 g/mol. The molecule has 0 unspecified atom stereocenters. The molecular formula is C21H19ClFN5O3. The minimum Gasteiger partial charge on any atom is -0.349 e. The van der Waals surface area contributed by atoms with Crippen molar-refractivity contribution in [1.29, 1.82) is 0 Å². The van der Waals surface area contributed by atoms with E-state index in [9.17, 15) is 18.8 Å². The van der Waals surface area contributed by atoms with Crippen LogP contribution in [-0.4, -0.2) is 40.7 Å². The molecule has 31 heavy (non-hydrogen) atoms. The van der Waals surface area contributed by atoms with E-state index in [0.29, 0.717) is 11.3 Å². The number of hydrogen-bond acceptors (Lipinski definition) is 5. The number of anilines is 1. The number of nitrogens with two attached hydrogens (primary N) is 1. The highest BCUT2D eigenvalue weighted by molar-refractivity contribution is 6.34. The molecule has 2 aromatic carbocycles. The molecule has 1 aromatic heterocycles. The summed E-state index contributed by atoms with van der Waals surface area (Å²) in [6, 6.07) is 10.2. The van der Waals surface area contributed by atoms with Crippen LogP contribution in [0.5, 0.6) is 0 Å². The highest BCUT2D eigenvalue weighted by Gasteiger charge is 2.20. The van der Waals surface area contributed by atoms with Crippen molar-refractivity contribution < 1.29 is 18.8 Å². The van der Waals surface area contributed by atoms with Crippen LogP contribution >= 0.6 is 11.6 Å². The lowest BCUT2D eigenvalue weighted by molar-refractivity contribution is 0.0936. The van der Waals surface area contributed by atoms with Crippen molar-refractivity contribution in [1.82, 2.24) is 15.3 Å². The van der Waals surface area contributed by atoms with E-state index in [0.717, 1.165) is 6.07 Å². The average molecular weight is 444 g/mol. The number of imidazole rings is 1. The number of halogens is 2. The molecule has 10 heteroatoms. The topological polar surface area (TPSA) is 130 Å². The molecule has 0 radical (unpaired) electrons. The van der Waals surface area contributed by atoms with E-state index in [4.69, 9.17) is 17.3 Å². The lowest BCUT2D eigenvalue weighted by Crippen LogP contribution is -2.31. The molecule has 0 saturated carbocycles. The van der Waals surface area contributed by atoms with Crippen molar-refractivity contribution >= 4 is 34.9 Å². The van der Waals surface area contributed by atoms with Gasteiger partial charge in [-0.05, 0) is 35.9 Å². The van der Waals surface area contributed by atoms with Crippen molar-refractivity contribution in [3.8, 4) is 0 Å². The van der Waals surface area contributed by atoms with Crippen LogP contribution in [-0.2, 0) is 6.42 Å². The molecule has 2 amide bonds. The van der Waals surface area contributed by atoms with Crippen LogP contribution in [0, 0.1) is 5.82 Å². The van der Waals surface area contributed by atoms with Gasteiger partial charge < -0.3 is 21.4 Å². The third kappa shape index (κ3) is 5.53. The maximum atomic E-state index is 13.1. The van der Waals surface area contributed by atoms with Gasteiger partial charge in [-0.25, -0.2) is 9.37 Å². The van der Waals surface area contributed by atoms with Gasteiger partial charge in [0.15, 0.2) is 11.5 Å². The summed E-state index contributed by atoms with van der Waals surface area (Å²) in [6.45, 7) is 0.534. The molecule has 0 saturated heterocycles. The Morgan fingerprint density at radius 1 is 1.10 bits per heavy atom.